The van der Waals surface area contributed by atoms with E-state index in [1.807, 2.05) is 25.2 Å². The van der Waals surface area contributed by atoms with Gasteiger partial charge in [0.1, 0.15) is 0 Å². The zero-order valence-corrected chi connectivity index (χ0v) is 15.5. The number of aliphatic carboxylic acids is 1. The highest BCUT2D eigenvalue weighted by atomic mass is 35.5. The average molecular weight is 379 g/mol. The molecule has 6 heteroatoms. The van der Waals surface area contributed by atoms with Gasteiger partial charge in [-0.05, 0) is 35.4 Å². The van der Waals surface area contributed by atoms with E-state index in [-0.39, 0.29) is 5.92 Å². The van der Waals surface area contributed by atoms with E-state index in [0.717, 1.165) is 24.3 Å². The van der Waals surface area contributed by atoms with E-state index in [1.165, 1.54) is 5.56 Å². The van der Waals surface area contributed by atoms with Crippen molar-refractivity contribution in [2.24, 2.45) is 5.92 Å². The maximum absolute atomic E-state index is 10.8. The van der Waals surface area contributed by atoms with E-state index in [9.17, 15) is 4.79 Å². The first-order valence-electron chi connectivity index (χ1n) is 8.11. The molecule has 0 amide bonds. The lowest BCUT2D eigenvalue weighted by molar-refractivity contribution is -0.147. The van der Waals surface area contributed by atoms with Crippen LogP contribution < -0.4 is 4.90 Å². The second-order valence-electron chi connectivity index (χ2n) is 6.50. The molecule has 3 rings (SSSR count). The molecule has 0 radical (unpaired) electrons. The minimum Gasteiger partial charge on any atom is -0.481 e. The van der Waals surface area contributed by atoms with Gasteiger partial charge in [-0.25, -0.2) is 0 Å². The maximum Gasteiger partial charge on any atom is 0.309 e. The number of carboxylic acid groups (broad SMARTS) is 1. The normalized spacial score (nSPS) is 15.0. The summed E-state index contributed by atoms with van der Waals surface area (Å²) in [6.45, 7) is 2.80. The monoisotopic (exact) mass is 378 g/mol. The van der Waals surface area contributed by atoms with Crippen molar-refractivity contribution in [2.45, 2.75) is 13.1 Å². The smallest absolute Gasteiger partial charge is 0.309 e. The van der Waals surface area contributed by atoms with Gasteiger partial charge in [0.2, 0.25) is 0 Å². The molecule has 2 aromatic carbocycles. The molecular weight excluding hydrogens is 359 g/mol. The lowest BCUT2D eigenvalue weighted by Crippen LogP contribution is -2.49. The van der Waals surface area contributed by atoms with E-state index in [4.69, 9.17) is 28.3 Å². The molecular formula is C19H20Cl2N2O2. The highest BCUT2D eigenvalue weighted by Gasteiger charge is 2.32. The zero-order chi connectivity index (χ0) is 18.0. The fraction of sp³-hybridized carbons (Fsp3) is 0.316. The van der Waals surface area contributed by atoms with Gasteiger partial charge in [0.25, 0.3) is 0 Å². The molecule has 132 valence electrons. The van der Waals surface area contributed by atoms with E-state index in [1.54, 1.807) is 0 Å². The van der Waals surface area contributed by atoms with Crippen LogP contribution >= 0.6 is 23.2 Å². The summed E-state index contributed by atoms with van der Waals surface area (Å²) < 4.78 is 0. The molecule has 0 aliphatic carbocycles. The van der Waals surface area contributed by atoms with Crippen molar-refractivity contribution in [2.75, 3.05) is 25.0 Å². The van der Waals surface area contributed by atoms with Crippen molar-refractivity contribution in [3.63, 3.8) is 0 Å². The number of nitrogens with zero attached hydrogens (tertiary/aromatic N) is 2. The third-order valence-electron chi connectivity index (χ3n) is 4.49. The number of benzene rings is 2. The molecule has 0 unspecified atom stereocenters. The summed E-state index contributed by atoms with van der Waals surface area (Å²) in [5.41, 5.74) is 3.40. The predicted molar refractivity (Wildman–Crippen MR) is 101 cm³/mol. The van der Waals surface area contributed by atoms with Gasteiger partial charge < -0.3 is 10.0 Å². The second-order valence-corrected chi connectivity index (χ2v) is 7.31. The van der Waals surface area contributed by atoms with Gasteiger partial charge in [-0.15, -0.1) is 0 Å². The Morgan fingerprint density at radius 2 is 1.76 bits per heavy atom. The SMILES string of the molecule is CN(Cc1ccc(Cl)c(Cl)c1)c1ccc(CN2CC(C(=O)O)C2)cc1. The Bertz CT molecular complexity index is 759. The predicted octanol–water partition coefficient (Wildman–Crippen LogP) is 4.15. The quantitative estimate of drug-likeness (QED) is 0.819. The first kappa shape index (κ1) is 18.1. The Balaban J connectivity index is 1.56. The number of halogens is 2. The largest absolute Gasteiger partial charge is 0.481 e. The van der Waals surface area contributed by atoms with Crippen molar-refractivity contribution >= 4 is 34.9 Å². The maximum atomic E-state index is 10.8. The summed E-state index contributed by atoms with van der Waals surface area (Å²) in [7, 11) is 2.03. The first-order valence-corrected chi connectivity index (χ1v) is 8.87. The van der Waals surface area contributed by atoms with Gasteiger partial charge in [-0.2, -0.15) is 0 Å². The van der Waals surface area contributed by atoms with E-state index in [2.05, 4.69) is 34.1 Å². The van der Waals surface area contributed by atoms with Crippen LogP contribution in [0.2, 0.25) is 10.0 Å². The molecule has 1 saturated heterocycles. The van der Waals surface area contributed by atoms with E-state index < -0.39 is 5.97 Å². The third-order valence-corrected chi connectivity index (χ3v) is 5.23. The molecule has 0 bridgehead atoms. The molecule has 0 aromatic heterocycles. The molecule has 25 heavy (non-hydrogen) atoms. The zero-order valence-electron chi connectivity index (χ0n) is 14.0. The number of hydrogen-bond donors (Lipinski definition) is 1. The minimum absolute atomic E-state index is 0.211. The fourth-order valence-corrected chi connectivity index (χ4v) is 3.29. The Kier molecular flexibility index (Phi) is 5.52. The lowest BCUT2D eigenvalue weighted by atomic mass is 9.99. The lowest BCUT2D eigenvalue weighted by Gasteiger charge is -2.36. The number of rotatable bonds is 6. The Morgan fingerprint density at radius 1 is 1.12 bits per heavy atom. The van der Waals surface area contributed by atoms with Gasteiger partial charge in [-0.3, -0.25) is 9.69 Å². The molecule has 0 spiro atoms. The molecule has 1 N–H and O–H groups in total. The van der Waals surface area contributed by atoms with Crippen LogP contribution in [-0.2, 0) is 17.9 Å². The van der Waals surface area contributed by atoms with Gasteiger partial charge in [-0.1, -0.05) is 41.4 Å². The molecule has 0 atom stereocenters. The van der Waals surface area contributed by atoms with E-state index >= 15 is 0 Å². The molecule has 1 heterocycles. The molecule has 1 aliphatic rings. The number of carboxylic acids is 1. The number of likely N-dealkylation sites (tertiary alicyclic amines) is 1. The second kappa shape index (κ2) is 7.65. The number of hydrogen-bond acceptors (Lipinski definition) is 3. The van der Waals surface area contributed by atoms with Crippen molar-refractivity contribution in [1.29, 1.82) is 0 Å². The standard InChI is InChI=1S/C19H20Cl2N2O2/c1-22(9-14-4-7-17(20)18(21)8-14)16-5-2-13(3-6-16)10-23-11-15(12-23)19(24)25/h2-8,15H,9-12H2,1H3,(H,24,25). The van der Waals surface area contributed by atoms with Crippen LogP contribution in [0.1, 0.15) is 11.1 Å². The van der Waals surface area contributed by atoms with Crippen molar-refractivity contribution in [1.82, 2.24) is 4.90 Å². The van der Waals surface area contributed by atoms with Crippen LogP contribution in [0.3, 0.4) is 0 Å². The highest BCUT2D eigenvalue weighted by Crippen LogP contribution is 2.25. The van der Waals surface area contributed by atoms with Crippen LogP contribution in [0.15, 0.2) is 42.5 Å². The van der Waals surface area contributed by atoms with Gasteiger partial charge in [0.15, 0.2) is 0 Å². The van der Waals surface area contributed by atoms with Crippen LogP contribution in [0.5, 0.6) is 0 Å². The molecule has 2 aromatic rings. The Morgan fingerprint density at radius 3 is 2.36 bits per heavy atom. The summed E-state index contributed by atoms with van der Waals surface area (Å²) >= 11 is 12.0. The van der Waals surface area contributed by atoms with Gasteiger partial charge in [0.05, 0.1) is 16.0 Å². The number of carbonyl (C=O) groups is 1. The summed E-state index contributed by atoms with van der Waals surface area (Å²) in [6, 6.07) is 14.0. The van der Waals surface area contributed by atoms with Crippen molar-refractivity contribution < 1.29 is 9.90 Å². The fourth-order valence-electron chi connectivity index (χ4n) is 2.97. The third kappa shape index (κ3) is 4.46. The molecule has 0 saturated carbocycles. The summed E-state index contributed by atoms with van der Waals surface area (Å²) in [4.78, 5) is 15.1. The minimum atomic E-state index is -0.699. The average Bonchev–Trinajstić information content (AvgIpc) is 2.54. The van der Waals surface area contributed by atoms with Crippen LogP contribution in [0.4, 0.5) is 5.69 Å². The summed E-state index contributed by atoms with van der Waals surface area (Å²) in [5, 5.41) is 10.1. The molecule has 4 nitrogen and oxygen atoms in total. The van der Waals surface area contributed by atoms with E-state index in [0.29, 0.717) is 23.1 Å². The van der Waals surface area contributed by atoms with Gasteiger partial charge >= 0.3 is 5.97 Å². The first-order chi connectivity index (χ1) is 11.9. The Hall–Kier alpha value is -1.75. The summed E-state index contributed by atoms with van der Waals surface area (Å²) in [6.07, 6.45) is 0. The highest BCUT2D eigenvalue weighted by molar-refractivity contribution is 6.42. The van der Waals surface area contributed by atoms with Crippen LogP contribution in [-0.4, -0.2) is 36.1 Å². The number of anilines is 1. The van der Waals surface area contributed by atoms with Gasteiger partial charge in [0, 0.05) is 38.9 Å². The van der Waals surface area contributed by atoms with Crippen LogP contribution in [0.25, 0.3) is 0 Å². The van der Waals surface area contributed by atoms with Crippen molar-refractivity contribution in [3.05, 3.63) is 63.6 Å². The topological polar surface area (TPSA) is 43.8 Å². The van der Waals surface area contributed by atoms with Crippen molar-refractivity contribution in [3.8, 4) is 0 Å². The molecule has 1 aliphatic heterocycles. The summed E-state index contributed by atoms with van der Waals surface area (Å²) in [5.74, 6) is -0.910. The molecule has 1 fully saturated rings. The Labute approximate surface area is 157 Å². The van der Waals surface area contributed by atoms with Crippen LogP contribution in [0, 0.1) is 5.92 Å².